The van der Waals surface area contributed by atoms with Gasteiger partial charge in [-0.15, -0.1) is 0 Å². The summed E-state index contributed by atoms with van der Waals surface area (Å²) in [6.07, 6.45) is 0. The molecular formula is C8H10NO2S. The van der Waals surface area contributed by atoms with E-state index in [-0.39, 0.29) is 4.90 Å². The van der Waals surface area contributed by atoms with Crippen LogP contribution in [0.15, 0.2) is 17.0 Å². The third-order valence-corrected chi connectivity index (χ3v) is 2.83. The van der Waals surface area contributed by atoms with Crippen molar-refractivity contribution >= 4 is 10.0 Å². The van der Waals surface area contributed by atoms with Gasteiger partial charge >= 0.3 is 0 Å². The van der Waals surface area contributed by atoms with Gasteiger partial charge in [-0.05, 0) is 37.1 Å². The second-order valence-electron chi connectivity index (χ2n) is 2.64. The monoisotopic (exact) mass is 184 g/mol. The molecule has 1 aromatic carbocycles. The van der Waals surface area contributed by atoms with E-state index in [0.29, 0.717) is 5.56 Å². The summed E-state index contributed by atoms with van der Waals surface area (Å²) in [5, 5.41) is 4.98. The smallest absolute Gasteiger partial charge is 0.225 e. The fourth-order valence-corrected chi connectivity index (χ4v) is 1.81. The average Bonchev–Trinajstić information content (AvgIpc) is 1.92. The molecule has 0 saturated heterocycles. The first-order valence-electron chi connectivity index (χ1n) is 3.43. The van der Waals surface area contributed by atoms with Crippen LogP contribution in [0.4, 0.5) is 0 Å². The van der Waals surface area contributed by atoms with Gasteiger partial charge in [-0.3, -0.25) is 0 Å². The minimum Gasteiger partial charge on any atom is -0.225 e. The molecule has 0 saturated carbocycles. The highest BCUT2D eigenvalue weighted by Crippen LogP contribution is 2.15. The topological polar surface area (TPSA) is 60.2 Å². The highest BCUT2D eigenvalue weighted by atomic mass is 32.2. The number of hydrogen-bond acceptors (Lipinski definition) is 2. The van der Waals surface area contributed by atoms with Crippen molar-refractivity contribution in [2.45, 2.75) is 18.7 Å². The normalized spacial score (nSPS) is 11.6. The Hall–Kier alpha value is -0.870. The Morgan fingerprint density at radius 1 is 1.42 bits per heavy atom. The predicted octanol–water partition coefficient (Wildman–Crippen LogP) is 0.751. The van der Waals surface area contributed by atoms with Gasteiger partial charge in [0.15, 0.2) is 0 Å². The van der Waals surface area contributed by atoms with E-state index < -0.39 is 10.0 Å². The van der Waals surface area contributed by atoms with E-state index in [1.54, 1.807) is 19.9 Å². The number of nitrogens with two attached hydrogens (primary N) is 1. The van der Waals surface area contributed by atoms with Crippen LogP contribution in [0.1, 0.15) is 11.1 Å². The molecule has 65 valence electrons. The molecule has 3 nitrogen and oxygen atoms in total. The van der Waals surface area contributed by atoms with E-state index in [9.17, 15) is 8.42 Å². The fourth-order valence-electron chi connectivity index (χ4n) is 0.969. The lowest BCUT2D eigenvalue weighted by Crippen LogP contribution is -2.13. The summed E-state index contributed by atoms with van der Waals surface area (Å²) >= 11 is 0. The van der Waals surface area contributed by atoms with Crippen molar-refractivity contribution in [3.05, 3.63) is 29.3 Å². The van der Waals surface area contributed by atoms with Crippen LogP contribution in [0.2, 0.25) is 0 Å². The molecule has 1 rings (SSSR count). The molecule has 2 N–H and O–H groups in total. The Balaban J connectivity index is 3.47. The molecule has 0 aliphatic carbocycles. The number of rotatable bonds is 1. The molecule has 4 heteroatoms. The van der Waals surface area contributed by atoms with E-state index in [2.05, 4.69) is 6.07 Å². The molecule has 12 heavy (non-hydrogen) atoms. The van der Waals surface area contributed by atoms with Gasteiger partial charge in [0.1, 0.15) is 0 Å². The van der Waals surface area contributed by atoms with Crippen molar-refractivity contribution in [1.29, 1.82) is 0 Å². The van der Waals surface area contributed by atoms with Crippen LogP contribution in [0.3, 0.4) is 0 Å². The number of hydrogen-bond donors (Lipinski definition) is 1. The lowest BCUT2D eigenvalue weighted by molar-refractivity contribution is 0.597. The van der Waals surface area contributed by atoms with Crippen molar-refractivity contribution in [2.75, 3.05) is 0 Å². The largest absolute Gasteiger partial charge is 0.238 e. The Morgan fingerprint density at radius 3 is 2.42 bits per heavy atom. The third-order valence-electron chi connectivity index (χ3n) is 1.77. The average molecular weight is 184 g/mol. The summed E-state index contributed by atoms with van der Waals surface area (Å²) < 4.78 is 21.9. The van der Waals surface area contributed by atoms with Gasteiger partial charge in [0.25, 0.3) is 0 Å². The quantitative estimate of drug-likeness (QED) is 0.700. The second-order valence-corrected chi connectivity index (χ2v) is 4.17. The summed E-state index contributed by atoms with van der Waals surface area (Å²) in [7, 11) is -3.58. The Kier molecular flexibility index (Phi) is 2.21. The van der Waals surface area contributed by atoms with Crippen LogP contribution in [-0.2, 0) is 10.0 Å². The van der Waals surface area contributed by atoms with E-state index in [0.717, 1.165) is 5.56 Å². The van der Waals surface area contributed by atoms with Gasteiger partial charge in [0.2, 0.25) is 10.0 Å². The van der Waals surface area contributed by atoms with Crippen LogP contribution in [-0.4, -0.2) is 8.42 Å². The zero-order valence-corrected chi connectivity index (χ0v) is 7.77. The predicted molar refractivity (Wildman–Crippen MR) is 46.1 cm³/mol. The number of benzene rings is 1. The lowest BCUT2D eigenvalue weighted by Gasteiger charge is -2.04. The van der Waals surface area contributed by atoms with E-state index in [1.807, 2.05) is 0 Å². The maximum Gasteiger partial charge on any atom is 0.238 e. The molecule has 0 bridgehead atoms. The first-order chi connectivity index (χ1) is 5.43. The van der Waals surface area contributed by atoms with E-state index in [4.69, 9.17) is 5.14 Å². The molecule has 0 aromatic heterocycles. The maximum absolute atomic E-state index is 11.0. The summed E-state index contributed by atoms with van der Waals surface area (Å²) in [6.45, 7) is 3.51. The van der Waals surface area contributed by atoms with Crippen molar-refractivity contribution < 1.29 is 8.42 Å². The first-order valence-corrected chi connectivity index (χ1v) is 4.98. The molecule has 0 spiro atoms. The van der Waals surface area contributed by atoms with Gasteiger partial charge in [-0.2, -0.15) is 0 Å². The minimum atomic E-state index is -3.58. The molecule has 1 radical (unpaired) electrons. The third kappa shape index (κ3) is 1.65. The molecular weight excluding hydrogens is 174 g/mol. The van der Waals surface area contributed by atoms with Crippen molar-refractivity contribution in [2.24, 2.45) is 5.14 Å². The van der Waals surface area contributed by atoms with Crippen LogP contribution in [0, 0.1) is 19.9 Å². The Morgan fingerprint density at radius 2 is 2.00 bits per heavy atom. The highest BCUT2D eigenvalue weighted by molar-refractivity contribution is 7.89. The number of primary sulfonamides is 1. The lowest BCUT2D eigenvalue weighted by atomic mass is 10.1. The highest BCUT2D eigenvalue weighted by Gasteiger charge is 2.11. The summed E-state index contributed by atoms with van der Waals surface area (Å²) in [5.41, 5.74) is 1.47. The summed E-state index contributed by atoms with van der Waals surface area (Å²) in [5.74, 6) is 0. The molecule has 0 aliphatic heterocycles. The molecule has 0 aliphatic rings. The van der Waals surface area contributed by atoms with E-state index >= 15 is 0 Å². The molecule has 0 fully saturated rings. The maximum atomic E-state index is 11.0. The van der Waals surface area contributed by atoms with Crippen LogP contribution in [0.25, 0.3) is 0 Å². The van der Waals surface area contributed by atoms with Gasteiger partial charge in [-0.1, -0.05) is 6.07 Å². The Bertz CT molecular complexity index is 396. The van der Waals surface area contributed by atoms with Gasteiger partial charge in [0, 0.05) is 0 Å². The fraction of sp³-hybridized carbons (Fsp3) is 0.250. The molecule has 0 unspecified atom stereocenters. The van der Waals surface area contributed by atoms with Gasteiger partial charge in [-0.25, -0.2) is 13.6 Å². The first kappa shape index (κ1) is 9.22. The Labute approximate surface area is 72.3 Å². The molecule has 0 amide bonds. The van der Waals surface area contributed by atoms with E-state index in [1.165, 1.54) is 6.07 Å². The van der Waals surface area contributed by atoms with Crippen LogP contribution < -0.4 is 5.14 Å². The van der Waals surface area contributed by atoms with Gasteiger partial charge in [0.05, 0.1) is 4.90 Å². The zero-order chi connectivity index (χ0) is 9.35. The number of sulfonamides is 1. The SMILES string of the molecule is Cc1[c]ccc(S(N)(=O)=O)c1C. The second kappa shape index (κ2) is 2.88. The standard InChI is InChI=1S/C8H10NO2S/c1-6-4-3-5-8(7(6)2)12(9,10)11/h3,5H,1-2H3,(H2,9,10,11). The minimum absolute atomic E-state index is 0.179. The number of aryl methyl sites for hydroxylation is 1. The molecule has 0 atom stereocenters. The van der Waals surface area contributed by atoms with Crippen molar-refractivity contribution in [1.82, 2.24) is 0 Å². The van der Waals surface area contributed by atoms with Crippen molar-refractivity contribution in [3.8, 4) is 0 Å². The van der Waals surface area contributed by atoms with Crippen LogP contribution in [0.5, 0.6) is 0 Å². The van der Waals surface area contributed by atoms with Crippen molar-refractivity contribution in [3.63, 3.8) is 0 Å². The van der Waals surface area contributed by atoms with Crippen LogP contribution >= 0.6 is 0 Å². The molecule has 1 aromatic rings. The zero-order valence-electron chi connectivity index (χ0n) is 6.96. The summed E-state index contributed by atoms with van der Waals surface area (Å²) in [6, 6.07) is 5.91. The van der Waals surface area contributed by atoms with Gasteiger partial charge < -0.3 is 0 Å². The molecule has 0 heterocycles. The summed E-state index contributed by atoms with van der Waals surface area (Å²) in [4.78, 5) is 0.179.